The molecular weight excluding hydrogens is 655 g/mol. The minimum atomic E-state index is -2.90. The standard InChI is InChI=1S/C23H30F4N2O2S.Hf.2H2O/c1-23(2,3)16-8-15(13-30-14-20(24)25)10-29(11-16)12-17-9-28-21(32-17)18-6-4-5-7-19(18)31-22(26)27;;;/h4-7,9,15-16,20,22H,8,10-14H2,1-3H3;;2*1H2. The summed E-state index contributed by atoms with van der Waals surface area (Å²) in [5, 5.41) is 0.623. The van der Waals surface area contributed by atoms with Gasteiger partial charge in [-0.3, -0.25) is 4.90 Å². The topological polar surface area (TPSA) is 97.6 Å². The molecule has 35 heavy (non-hydrogen) atoms. The summed E-state index contributed by atoms with van der Waals surface area (Å²) >= 11 is 1.44. The third kappa shape index (κ3) is 10.5. The molecule has 0 amide bonds. The molecule has 2 unspecified atom stereocenters. The van der Waals surface area contributed by atoms with Gasteiger partial charge in [-0.25, -0.2) is 13.8 Å². The van der Waals surface area contributed by atoms with Crippen LogP contribution < -0.4 is 4.74 Å². The zero-order chi connectivity index (χ0) is 23.3. The Bertz CT molecular complexity index is 870. The molecule has 1 aliphatic rings. The summed E-state index contributed by atoms with van der Waals surface area (Å²) in [7, 11) is 0. The van der Waals surface area contributed by atoms with Gasteiger partial charge in [-0.05, 0) is 35.8 Å². The van der Waals surface area contributed by atoms with Gasteiger partial charge in [-0.15, -0.1) is 11.3 Å². The molecule has 2 heterocycles. The van der Waals surface area contributed by atoms with Gasteiger partial charge in [-0.1, -0.05) is 32.9 Å². The fraction of sp³-hybridized carbons (Fsp3) is 0.609. The van der Waals surface area contributed by atoms with Crippen LogP contribution in [-0.4, -0.2) is 60.2 Å². The number of rotatable bonds is 9. The summed E-state index contributed by atoms with van der Waals surface area (Å²) in [4.78, 5) is 7.76. The molecule has 2 atom stereocenters. The number of likely N-dealkylation sites (tertiary alicyclic amines) is 1. The summed E-state index contributed by atoms with van der Waals surface area (Å²) in [6.07, 6.45) is 0.248. The predicted octanol–water partition coefficient (Wildman–Crippen LogP) is 4.53. The molecule has 0 bridgehead atoms. The molecule has 2 aromatic rings. The van der Waals surface area contributed by atoms with E-state index in [9.17, 15) is 17.6 Å². The molecule has 0 radical (unpaired) electrons. The summed E-state index contributed by atoms with van der Waals surface area (Å²) < 4.78 is 60.3. The second-order valence-electron chi connectivity index (χ2n) is 9.29. The third-order valence-electron chi connectivity index (χ3n) is 5.70. The van der Waals surface area contributed by atoms with Crippen molar-refractivity contribution in [1.29, 1.82) is 0 Å². The Morgan fingerprint density at radius 1 is 1.11 bits per heavy atom. The van der Waals surface area contributed by atoms with Gasteiger partial charge in [0.1, 0.15) is 17.4 Å². The maximum Gasteiger partial charge on any atom is 0.387 e. The van der Waals surface area contributed by atoms with Crippen molar-refractivity contribution in [3.05, 3.63) is 35.3 Å². The maximum atomic E-state index is 12.7. The van der Waals surface area contributed by atoms with Crippen LogP contribution in [0.1, 0.15) is 32.1 Å². The van der Waals surface area contributed by atoms with Gasteiger partial charge in [0.15, 0.2) is 0 Å². The van der Waals surface area contributed by atoms with Gasteiger partial charge >= 0.3 is 6.61 Å². The molecule has 1 aromatic heterocycles. The first kappa shape index (κ1) is 34.1. The number of nitrogens with zero attached hydrogens (tertiary/aromatic N) is 2. The van der Waals surface area contributed by atoms with Crippen LogP contribution in [0.5, 0.6) is 5.75 Å². The molecule has 0 saturated carbocycles. The Labute approximate surface area is 226 Å². The fourth-order valence-electron chi connectivity index (χ4n) is 4.07. The van der Waals surface area contributed by atoms with Crippen LogP contribution in [0, 0.1) is 17.3 Å². The minimum absolute atomic E-state index is 0. The van der Waals surface area contributed by atoms with Crippen LogP contribution in [0.3, 0.4) is 0 Å². The van der Waals surface area contributed by atoms with Crippen LogP contribution >= 0.6 is 11.3 Å². The van der Waals surface area contributed by atoms with Crippen molar-refractivity contribution >= 4 is 11.3 Å². The van der Waals surface area contributed by atoms with E-state index in [0.29, 0.717) is 29.6 Å². The smallest absolute Gasteiger partial charge is 0.387 e. The largest absolute Gasteiger partial charge is 0.434 e. The van der Waals surface area contributed by atoms with Gasteiger partial charge in [-0.2, -0.15) is 8.78 Å². The molecular formula is C23H34F4HfN2O4S. The van der Waals surface area contributed by atoms with Crippen LogP contribution in [0.4, 0.5) is 17.6 Å². The van der Waals surface area contributed by atoms with Crippen molar-refractivity contribution in [1.82, 2.24) is 9.88 Å². The van der Waals surface area contributed by atoms with E-state index < -0.39 is 19.6 Å². The zero-order valence-corrected chi connectivity index (χ0v) is 24.5. The predicted molar refractivity (Wildman–Crippen MR) is 125 cm³/mol. The Morgan fingerprint density at radius 3 is 2.43 bits per heavy atom. The molecule has 0 spiro atoms. The number of aromatic nitrogens is 1. The van der Waals surface area contributed by atoms with E-state index in [-0.39, 0.29) is 53.9 Å². The first-order valence-corrected chi connectivity index (χ1v) is 11.5. The van der Waals surface area contributed by atoms with E-state index in [1.54, 1.807) is 24.4 Å². The normalized spacial score (nSPS) is 18.5. The number of para-hydroxylation sites is 1. The van der Waals surface area contributed by atoms with E-state index in [0.717, 1.165) is 24.4 Å². The van der Waals surface area contributed by atoms with Gasteiger partial charge in [0.2, 0.25) is 0 Å². The van der Waals surface area contributed by atoms with E-state index in [1.165, 1.54) is 17.4 Å². The number of halogens is 4. The second-order valence-corrected chi connectivity index (χ2v) is 10.4. The minimum Gasteiger partial charge on any atom is -0.434 e. The number of alkyl halides is 4. The summed E-state index contributed by atoms with van der Waals surface area (Å²) in [5.74, 6) is 0.689. The zero-order valence-electron chi connectivity index (χ0n) is 20.1. The number of piperidine rings is 1. The summed E-state index contributed by atoms with van der Waals surface area (Å²) in [6.45, 7) is 5.79. The Morgan fingerprint density at radius 2 is 1.80 bits per heavy atom. The van der Waals surface area contributed by atoms with Crippen molar-refractivity contribution in [3.8, 4) is 16.3 Å². The van der Waals surface area contributed by atoms with Crippen LogP contribution in [0.15, 0.2) is 30.5 Å². The van der Waals surface area contributed by atoms with E-state index in [1.807, 2.05) is 0 Å². The van der Waals surface area contributed by atoms with Crippen molar-refractivity contribution in [2.45, 2.75) is 46.8 Å². The number of hydrogen-bond donors (Lipinski definition) is 0. The van der Waals surface area contributed by atoms with Crippen LogP contribution in [0.2, 0.25) is 0 Å². The number of thiazole rings is 1. The van der Waals surface area contributed by atoms with Gasteiger partial charge < -0.3 is 20.4 Å². The molecule has 1 fully saturated rings. The first-order chi connectivity index (χ1) is 15.1. The van der Waals surface area contributed by atoms with Gasteiger partial charge in [0, 0.05) is 56.6 Å². The SMILES string of the molecule is CC(C)(C)C1CC(COCC(F)F)CN(Cc2cnc(-c3ccccc3OC(F)F)s2)C1.O.O.[Hf]. The van der Waals surface area contributed by atoms with E-state index in [4.69, 9.17) is 4.74 Å². The third-order valence-corrected chi connectivity index (χ3v) is 6.72. The van der Waals surface area contributed by atoms with Crippen molar-refractivity contribution < 1.29 is 63.8 Å². The average molecular weight is 689 g/mol. The number of benzene rings is 1. The summed E-state index contributed by atoms with van der Waals surface area (Å²) in [5.41, 5.74) is 0.623. The van der Waals surface area contributed by atoms with Crippen molar-refractivity contribution in [2.24, 2.45) is 17.3 Å². The number of hydrogen-bond acceptors (Lipinski definition) is 5. The van der Waals surface area contributed by atoms with E-state index >= 15 is 0 Å². The van der Waals surface area contributed by atoms with E-state index in [2.05, 4.69) is 35.4 Å². The van der Waals surface area contributed by atoms with Gasteiger partial charge in [0.05, 0.1) is 12.2 Å². The molecule has 198 valence electrons. The number of ether oxygens (including phenoxy) is 2. The van der Waals surface area contributed by atoms with Gasteiger partial charge in [0.25, 0.3) is 6.43 Å². The van der Waals surface area contributed by atoms with Crippen LogP contribution in [0.25, 0.3) is 10.6 Å². The Hall–Kier alpha value is -0.920. The maximum absolute atomic E-state index is 12.7. The van der Waals surface area contributed by atoms with Crippen molar-refractivity contribution in [2.75, 3.05) is 26.3 Å². The molecule has 12 heteroatoms. The Kier molecular flexibility index (Phi) is 15.0. The van der Waals surface area contributed by atoms with Crippen molar-refractivity contribution in [3.63, 3.8) is 0 Å². The molecule has 1 aromatic carbocycles. The quantitative estimate of drug-likeness (QED) is 0.286. The molecule has 1 aliphatic heterocycles. The molecule has 1 saturated heterocycles. The summed E-state index contributed by atoms with van der Waals surface area (Å²) in [6, 6.07) is 6.63. The molecule has 0 aliphatic carbocycles. The van der Waals surface area contributed by atoms with Crippen LogP contribution in [-0.2, 0) is 37.1 Å². The average Bonchev–Trinajstić information content (AvgIpc) is 3.15. The fourth-order valence-corrected chi connectivity index (χ4v) is 5.06. The second kappa shape index (κ2) is 15.4. The molecule has 6 nitrogen and oxygen atoms in total. The Balaban J connectivity index is 0.00000385. The first-order valence-electron chi connectivity index (χ1n) is 10.7. The molecule has 4 N–H and O–H groups in total. The monoisotopic (exact) mass is 690 g/mol. The molecule has 3 rings (SSSR count).